The van der Waals surface area contributed by atoms with E-state index in [0.29, 0.717) is 30.8 Å². The molecule has 150 valence electrons. The number of methoxy groups -OCH3 is 1. The fourth-order valence-corrected chi connectivity index (χ4v) is 4.02. The lowest BCUT2D eigenvalue weighted by Gasteiger charge is -2.22. The molecule has 2 aromatic rings. The van der Waals surface area contributed by atoms with Crippen LogP contribution in [0.15, 0.2) is 35.7 Å². The molecule has 0 unspecified atom stereocenters. The Morgan fingerprint density at radius 1 is 1.21 bits per heavy atom. The Balaban J connectivity index is 1.72. The second kappa shape index (κ2) is 10.2. The van der Waals surface area contributed by atoms with Gasteiger partial charge in [-0.05, 0) is 48.9 Å². The molecule has 2 heterocycles. The number of nitrogens with one attached hydrogen (secondary N) is 2. The number of nitrogens with zero attached hydrogens (tertiary/aromatic N) is 1. The van der Waals surface area contributed by atoms with Gasteiger partial charge in [0.2, 0.25) is 5.91 Å². The molecule has 1 fully saturated rings. The van der Waals surface area contributed by atoms with E-state index in [4.69, 9.17) is 4.74 Å². The highest BCUT2D eigenvalue weighted by molar-refractivity contribution is 7.10. The Bertz CT molecular complexity index is 786. The summed E-state index contributed by atoms with van der Waals surface area (Å²) in [4.78, 5) is 28.4. The third-order valence-corrected chi connectivity index (χ3v) is 5.57. The molecule has 0 saturated carbocycles. The van der Waals surface area contributed by atoms with E-state index in [1.165, 1.54) is 0 Å². The minimum Gasteiger partial charge on any atom is -0.385 e. The van der Waals surface area contributed by atoms with Gasteiger partial charge in [-0.15, -0.1) is 11.3 Å². The molecule has 28 heavy (non-hydrogen) atoms. The van der Waals surface area contributed by atoms with Crippen LogP contribution < -0.4 is 15.5 Å². The summed E-state index contributed by atoms with van der Waals surface area (Å²) in [5.41, 5.74) is 2.18. The number of carbonyl (C=O) groups is 2. The van der Waals surface area contributed by atoms with E-state index in [-0.39, 0.29) is 11.8 Å². The first-order valence-electron chi connectivity index (χ1n) is 9.66. The number of carbonyl (C=O) groups excluding carboxylic acids is 2. The van der Waals surface area contributed by atoms with E-state index < -0.39 is 0 Å². The normalized spacial score (nSPS) is 13.5. The average molecular weight is 402 g/mol. The second-order valence-corrected chi connectivity index (χ2v) is 7.86. The maximum atomic E-state index is 12.8. The van der Waals surface area contributed by atoms with Crippen molar-refractivity contribution in [2.45, 2.75) is 25.7 Å². The number of hydrogen-bond acceptors (Lipinski definition) is 5. The van der Waals surface area contributed by atoms with Gasteiger partial charge in [0.05, 0.1) is 12.0 Å². The van der Waals surface area contributed by atoms with Crippen molar-refractivity contribution >= 4 is 34.5 Å². The van der Waals surface area contributed by atoms with Crippen LogP contribution >= 0.6 is 11.3 Å². The first-order chi connectivity index (χ1) is 13.7. The second-order valence-electron chi connectivity index (χ2n) is 6.83. The summed E-state index contributed by atoms with van der Waals surface area (Å²) >= 11 is 1.56. The van der Waals surface area contributed by atoms with Crippen LogP contribution in [0.5, 0.6) is 0 Å². The van der Waals surface area contributed by atoms with Crippen molar-refractivity contribution in [2.75, 3.05) is 43.6 Å². The first-order valence-corrected chi connectivity index (χ1v) is 10.5. The third kappa shape index (κ3) is 5.56. The topological polar surface area (TPSA) is 70.7 Å². The Kier molecular flexibility index (Phi) is 7.45. The lowest BCUT2D eigenvalue weighted by molar-refractivity contribution is -0.115. The van der Waals surface area contributed by atoms with Gasteiger partial charge in [-0.3, -0.25) is 9.59 Å². The zero-order valence-electron chi connectivity index (χ0n) is 16.2. The molecule has 6 nitrogen and oxygen atoms in total. The van der Waals surface area contributed by atoms with Crippen LogP contribution in [0.4, 0.5) is 11.4 Å². The number of amides is 2. The van der Waals surface area contributed by atoms with E-state index in [1.807, 2.05) is 29.6 Å². The highest BCUT2D eigenvalue weighted by Gasteiger charge is 2.20. The highest BCUT2D eigenvalue weighted by Crippen LogP contribution is 2.27. The van der Waals surface area contributed by atoms with Crippen LogP contribution in [-0.2, 0) is 16.0 Å². The molecule has 1 aromatic heterocycles. The molecule has 2 amide bonds. The standard InChI is InChI=1S/C21H27N3O3S/c1-27-12-5-9-22-21(26)18-14-16(7-8-19(18)24-10-2-3-11-24)23-20(25)15-17-6-4-13-28-17/h4,6-8,13-14H,2-3,5,9-12,15H2,1H3,(H,22,26)(H,23,25). The molecule has 0 atom stereocenters. The Hall–Kier alpha value is -2.38. The maximum Gasteiger partial charge on any atom is 0.253 e. The molecular weight excluding hydrogens is 374 g/mol. The number of thiophene rings is 1. The molecule has 0 spiro atoms. The van der Waals surface area contributed by atoms with Crippen LogP contribution in [0.2, 0.25) is 0 Å². The van der Waals surface area contributed by atoms with E-state index in [9.17, 15) is 9.59 Å². The lowest BCUT2D eigenvalue weighted by Crippen LogP contribution is -2.29. The lowest BCUT2D eigenvalue weighted by atomic mass is 10.1. The summed E-state index contributed by atoms with van der Waals surface area (Å²) in [5.74, 6) is -0.199. The number of ether oxygens (including phenoxy) is 1. The van der Waals surface area contributed by atoms with Crippen molar-refractivity contribution < 1.29 is 14.3 Å². The number of anilines is 2. The van der Waals surface area contributed by atoms with E-state index in [0.717, 1.165) is 42.9 Å². The molecular formula is C21H27N3O3S. The molecule has 2 N–H and O–H groups in total. The van der Waals surface area contributed by atoms with Crippen LogP contribution in [0.3, 0.4) is 0 Å². The Labute approximate surface area is 169 Å². The van der Waals surface area contributed by atoms with Gasteiger partial charge in [-0.25, -0.2) is 0 Å². The fraction of sp³-hybridized carbons (Fsp3) is 0.429. The van der Waals surface area contributed by atoms with Gasteiger partial charge in [0.15, 0.2) is 0 Å². The Morgan fingerprint density at radius 2 is 2.04 bits per heavy atom. The molecule has 1 saturated heterocycles. The monoisotopic (exact) mass is 401 g/mol. The summed E-state index contributed by atoms with van der Waals surface area (Å²) in [6.45, 7) is 3.07. The van der Waals surface area contributed by atoms with E-state index in [2.05, 4.69) is 15.5 Å². The fourth-order valence-electron chi connectivity index (χ4n) is 3.32. The van der Waals surface area contributed by atoms with Gasteiger partial charge in [0, 0.05) is 49.6 Å². The van der Waals surface area contributed by atoms with Crippen molar-refractivity contribution in [3.05, 3.63) is 46.2 Å². The van der Waals surface area contributed by atoms with Gasteiger partial charge >= 0.3 is 0 Å². The molecule has 1 aliphatic heterocycles. The predicted octanol–water partition coefficient (Wildman–Crippen LogP) is 3.30. The van der Waals surface area contributed by atoms with Gasteiger partial charge in [-0.1, -0.05) is 6.07 Å². The Morgan fingerprint density at radius 3 is 2.75 bits per heavy atom. The minimum absolute atomic E-state index is 0.0807. The van der Waals surface area contributed by atoms with Crippen LogP contribution in [-0.4, -0.2) is 45.2 Å². The van der Waals surface area contributed by atoms with E-state index in [1.54, 1.807) is 24.5 Å². The average Bonchev–Trinajstić information content (AvgIpc) is 3.39. The van der Waals surface area contributed by atoms with Gasteiger partial charge < -0.3 is 20.3 Å². The van der Waals surface area contributed by atoms with Crippen LogP contribution in [0.1, 0.15) is 34.5 Å². The maximum absolute atomic E-state index is 12.8. The molecule has 0 radical (unpaired) electrons. The SMILES string of the molecule is COCCCNC(=O)c1cc(NC(=O)Cc2cccs2)ccc1N1CCCC1. The summed E-state index contributed by atoms with van der Waals surface area (Å²) < 4.78 is 5.03. The first kappa shape index (κ1) is 20.4. The molecule has 0 aliphatic carbocycles. The van der Waals surface area contributed by atoms with Crippen LogP contribution in [0, 0.1) is 0 Å². The molecule has 0 bridgehead atoms. The number of benzene rings is 1. The van der Waals surface area contributed by atoms with E-state index >= 15 is 0 Å². The van der Waals surface area contributed by atoms with Crippen molar-refractivity contribution in [2.24, 2.45) is 0 Å². The number of hydrogen-bond donors (Lipinski definition) is 2. The smallest absolute Gasteiger partial charge is 0.253 e. The molecule has 1 aromatic carbocycles. The number of rotatable bonds is 9. The quantitative estimate of drug-likeness (QED) is 0.633. The molecule has 7 heteroatoms. The summed E-state index contributed by atoms with van der Waals surface area (Å²) in [6, 6.07) is 9.48. The summed E-state index contributed by atoms with van der Waals surface area (Å²) in [5, 5.41) is 7.83. The van der Waals surface area contributed by atoms with Crippen molar-refractivity contribution in [1.29, 1.82) is 0 Å². The van der Waals surface area contributed by atoms with Gasteiger partial charge in [0.1, 0.15) is 0 Å². The predicted molar refractivity (Wildman–Crippen MR) is 113 cm³/mol. The van der Waals surface area contributed by atoms with Crippen LogP contribution in [0.25, 0.3) is 0 Å². The molecule has 3 rings (SSSR count). The summed E-state index contributed by atoms with van der Waals surface area (Å²) in [7, 11) is 1.65. The third-order valence-electron chi connectivity index (χ3n) is 4.70. The van der Waals surface area contributed by atoms with Crippen molar-refractivity contribution in [3.8, 4) is 0 Å². The zero-order chi connectivity index (χ0) is 19.8. The largest absolute Gasteiger partial charge is 0.385 e. The highest BCUT2D eigenvalue weighted by atomic mass is 32.1. The van der Waals surface area contributed by atoms with Gasteiger partial charge in [-0.2, -0.15) is 0 Å². The zero-order valence-corrected chi connectivity index (χ0v) is 17.0. The van der Waals surface area contributed by atoms with Gasteiger partial charge in [0.25, 0.3) is 5.91 Å². The summed E-state index contributed by atoms with van der Waals surface area (Å²) in [6.07, 6.45) is 3.37. The minimum atomic E-state index is -0.118. The van der Waals surface area contributed by atoms with Crippen molar-refractivity contribution in [1.82, 2.24) is 5.32 Å². The molecule has 1 aliphatic rings. The van der Waals surface area contributed by atoms with Crippen molar-refractivity contribution in [3.63, 3.8) is 0 Å².